The molecule has 9 nitrogen and oxygen atoms in total. The summed E-state index contributed by atoms with van der Waals surface area (Å²) in [6, 6.07) is 14.0. The van der Waals surface area contributed by atoms with Crippen LogP contribution in [-0.4, -0.2) is 51.0 Å². The number of hydrogen-bond acceptors (Lipinski definition) is 7. The van der Waals surface area contributed by atoms with Gasteiger partial charge >= 0.3 is 18.2 Å². The maximum absolute atomic E-state index is 12.3. The second kappa shape index (κ2) is 10.0. The second-order valence-corrected chi connectivity index (χ2v) is 9.54. The van der Waals surface area contributed by atoms with Gasteiger partial charge in [-0.25, -0.2) is 0 Å². The van der Waals surface area contributed by atoms with E-state index in [1.165, 1.54) is 23.9 Å². The molecule has 2 aliphatic rings. The van der Waals surface area contributed by atoms with Gasteiger partial charge in [0.25, 0.3) is 0 Å². The number of imidazole rings is 1. The predicted octanol–water partition coefficient (Wildman–Crippen LogP) is 5.21. The Kier molecular flexibility index (Phi) is 6.74. The third-order valence-corrected chi connectivity index (χ3v) is 6.38. The van der Waals surface area contributed by atoms with Gasteiger partial charge in [-0.1, -0.05) is 30.3 Å². The van der Waals surface area contributed by atoms with Crippen LogP contribution >= 0.6 is 0 Å². The van der Waals surface area contributed by atoms with Gasteiger partial charge in [-0.05, 0) is 59.2 Å². The predicted molar refractivity (Wildman–Crippen MR) is 131 cm³/mol. The summed E-state index contributed by atoms with van der Waals surface area (Å²) in [5, 5.41) is 10.9. The van der Waals surface area contributed by atoms with E-state index in [9.17, 15) is 23.3 Å². The van der Waals surface area contributed by atoms with Crippen molar-refractivity contribution in [1.82, 2.24) is 14.5 Å². The number of nitrogens with zero attached hydrogens (tertiary/aromatic N) is 4. The molecule has 0 saturated carbocycles. The van der Waals surface area contributed by atoms with Crippen LogP contribution in [0.4, 0.5) is 19.0 Å². The molecule has 0 N–H and O–H groups in total. The Morgan fingerprint density at radius 1 is 1.13 bits per heavy atom. The van der Waals surface area contributed by atoms with Crippen molar-refractivity contribution in [1.29, 1.82) is 0 Å². The Balaban J connectivity index is 1.11. The van der Waals surface area contributed by atoms with E-state index in [0.29, 0.717) is 18.8 Å². The van der Waals surface area contributed by atoms with Crippen LogP contribution in [0.2, 0.25) is 0 Å². The zero-order valence-electron chi connectivity index (χ0n) is 20.5. The van der Waals surface area contributed by atoms with Crippen molar-refractivity contribution in [2.45, 2.75) is 38.4 Å². The quantitative estimate of drug-likeness (QED) is 0.292. The highest BCUT2D eigenvalue weighted by atomic mass is 19.4. The summed E-state index contributed by atoms with van der Waals surface area (Å²) >= 11 is 0. The molecule has 0 saturated heterocycles. The van der Waals surface area contributed by atoms with E-state index in [1.807, 2.05) is 31.2 Å². The minimum atomic E-state index is -4.69. The molecule has 12 heteroatoms. The van der Waals surface area contributed by atoms with Crippen molar-refractivity contribution in [3.8, 4) is 17.5 Å². The normalized spacial score (nSPS) is 19.4. The third-order valence-electron chi connectivity index (χ3n) is 6.38. The van der Waals surface area contributed by atoms with Gasteiger partial charge < -0.3 is 24.3 Å². The van der Waals surface area contributed by atoms with Crippen molar-refractivity contribution in [3.05, 3.63) is 82.0 Å². The first-order chi connectivity index (χ1) is 18.1. The Morgan fingerprint density at radius 3 is 2.45 bits per heavy atom. The molecule has 2 aliphatic heterocycles. The molecule has 0 bridgehead atoms. The fourth-order valence-corrected chi connectivity index (χ4v) is 4.53. The number of ether oxygens (including phenoxy) is 3. The minimum absolute atomic E-state index is 0.212. The summed E-state index contributed by atoms with van der Waals surface area (Å²) in [7, 11) is 0. The molecule has 1 atom stereocenters. The standard InChI is InChI=1S/C26H25F3N4O5/c1-25(16-32-15-23(33(34)35)30-24(32)38-25)17-36-21-8-4-19(5-9-21)20-10-12-31(13-11-20)14-18-2-6-22(7-3-18)37-26(27,28)29/h2-10,15H,11-14,16-17H2,1H3/t25-/m1/s1. The van der Waals surface area contributed by atoms with Crippen LogP contribution in [0, 0.1) is 10.1 Å². The number of benzene rings is 2. The number of hydrogen-bond donors (Lipinski definition) is 0. The van der Waals surface area contributed by atoms with Crippen LogP contribution in [-0.2, 0) is 13.1 Å². The summed E-state index contributed by atoms with van der Waals surface area (Å²) in [6.07, 6.45) is -0.328. The number of fused-ring (bicyclic) bond motifs is 1. The topological polar surface area (TPSA) is 91.9 Å². The first kappa shape index (κ1) is 25.6. The number of aromatic nitrogens is 2. The van der Waals surface area contributed by atoms with E-state index in [4.69, 9.17) is 9.47 Å². The van der Waals surface area contributed by atoms with Crippen molar-refractivity contribution in [2.24, 2.45) is 0 Å². The lowest BCUT2D eigenvalue weighted by atomic mass is 9.99. The molecule has 0 aliphatic carbocycles. The van der Waals surface area contributed by atoms with Crippen molar-refractivity contribution >= 4 is 11.4 Å². The van der Waals surface area contributed by atoms with Crippen LogP contribution < -0.4 is 14.2 Å². The molecule has 5 rings (SSSR count). The number of rotatable bonds is 8. The Hall–Kier alpha value is -4.06. The minimum Gasteiger partial charge on any atom is -0.489 e. The first-order valence-corrected chi connectivity index (χ1v) is 12.0. The Bertz CT molecular complexity index is 1310. The van der Waals surface area contributed by atoms with Gasteiger partial charge in [-0.3, -0.25) is 9.47 Å². The summed E-state index contributed by atoms with van der Waals surface area (Å²) in [4.78, 5) is 16.4. The fourth-order valence-electron chi connectivity index (χ4n) is 4.53. The van der Waals surface area contributed by atoms with Gasteiger partial charge in [0.1, 0.15) is 24.3 Å². The molecule has 200 valence electrons. The van der Waals surface area contributed by atoms with Crippen LogP contribution in [0.25, 0.3) is 5.57 Å². The van der Waals surface area contributed by atoms with Crippen molar-refractivity contribution in [3.63, 3.8) is 0 Å². The van der Waals surface area contributed by atoms with Crippen LogP contribution in [0.15, 0.2) is 60.8 Å². The molecule has 2 aromatic carbocycles. The van der Waals surface area contributed by atoms with Gasteiger partial charge in [-0.2, -0.15) is 0 Å². The molecule has 3 heterocycles. The van der Waals surface area contributed by atoms with E-state index in [0.717, 1.165) is 30.6 Å². The summed E-state index contributed by atoms with van der Waals surface area (Å²) < 4.78 is 54.3. The maximum atomic E-state index is 12.3. The van der Waals surface area contributed by atoms with Gasteiger partial charge in [0.15, 0.2) is 5.60 Å². The average Bonchev–Trinajstić information content (AvgIpc) is 3.40. The highest BCUT2D eigenvalue weighted by molar-refractivity contribution is 5.67. The first-order valence-electron chi connectivity index (χ1n) is 12.0. The van der Waals surface area contributed by atoms with Crippen LogP contribution in [0.3, 0.4) is 0 Å². The van der Waals surface area contributed by atoms with E-state index in [-0.39, 0.29) is 24.2 Å². The molecule has 0 unspecified atom stereocenters. The lowest BCUT2D eigenvalue weighted by Crippen LogP contribution is -2.38. The zero-order valence-corrected chi connectivity index (χ0v) is 20.5. The Morgan fingerprint density at radius 2 is 1.84 bits per heavy atom. The highest BCUT2D eigenvalue weighted by Crippen LogP contribution is 2.32. The summed E-state index contributed by atoms with van der Waals surface area (Å²) in [5.41, 5.74) is 2.55. The summed E-state index contributed by atoms with van der Waals surface area (Å²) in [5.74, 6) is 0.218. The van der Waals surface area contributed by atoms with Crippen LogP contribution in [0.1, 0.15) is 24.5 Å². The number of alkyl halides is 3. The molecule has 0 fully saturated rings. The molecular weight excluding hydrogens is 505 g/mol. The fraction of sp³-hybridized carbons (Fsp3) is 0.346. The third kappa shape index (κ3) is 6.08. The smallest absolute Gasteiger partial charge is 0.489 e. The lowest BCUT2D eigenvalue weighted by molar-refractivity contribution is -0.389. The van der Waals surface area contributed by atoms with Gasteiger partial charge in [0, 0.05) is 24.6 Å². The Labute approximate surface area is 216 Å². The molecular formula is C26H25F3N4O5. The van der Waals surface area contributed by atoms with E-state index < -0.39 is 16.9 Å². The van der Waals surface area contributed by atoms with Gasteiger partial charge in [0.2, 0.25) is 0 Å². The summed E-state index contributed by atoms with van der Waals surface area (Å²) in [6.45, 7) is 4.72. The average molecular weight is 531 g/mol. The molecule has 1 aromatic heterocycles. The van der Waals surface area contributed by atoms with E-state index in [2.05, 4.69) is 20.7 Å². The van der Waals surface area contributed by atoms with Crippen molar-refractivity contribution < 1.29 is 32.3 Å². The molecule has 0 radical (unpaired) electrons. The van der Waals surface area contributed by atoms with Crippen LogP contribution in [0.5, 0.6) is 17.5 Å². The molecule has 0 amide bonds. The van der Waals surface area contributed by atoms with Gasteiger partial charge in [-0.15, -0.1) is 13.2 Å². The molecule has 0 spiro atoms. The zero-order chi connectivity index (χ0) is 26.9. The monoisotopic (exact) mass is 530 g/mol. The second-order valence-electron chi connectivity index (χ2n) is 9.54. The van der Waals surface area contributed by atoms with E-state index >= 15 is 0 Å². The van der Waals surface area contributed by atoms with E-state index in [1.54, 1.807) is 16.7 Å². The lowest BCUT2D eigenvalue weighted by Gasteiger charge is -2.26. The largest absolute Gasteiger partial charge is 0.573 e. The van der Waals surface area contributed by atoms with Crippen molar-refractivity contribution in [2.75, 3.05) is 19.7 Å². The number of halogens is 3. The molecule has 3 aromatic rings. The maximum Gasteiger partial charge on any atom is 0.573 e. The number of nitro groups is 1. The highest BCUT2D eigenvalue weighted by Gasteiger charge is 2.41. The van der Waals surface area contributed by atoms with Gasteiger partial charge in [0.05, 0.1) is 6.54 Å². The molecule has 38 heavy (non-hydrogen) atoms. The SMILES string of the molecule is C[C@]1(COc2ccc(C3=CCN(Cc4ccc(OC(F)(F)F)cc4)CC3)cc2)Cn2cc([N+](=O)[O-])nc2O1.